The molecule has 0 aliphatic heterocycles. The summed E-state index contributed by atoms with van der Waals surface area (Å²) in [5.74, 6) is -0.879. The van der Waals surface area contributed by atoms with Crippen molar-refractivity contribution in [3.8, 4) is 0 Å². The lowest BCUT2D eigenvalue weighted by molar-refractivity contribution is 0.0500. The largest absolute Gasteiger partial charge is 0.505 e. The molecule has 0 amide bonds. The molecule has 106 valence electrons. The second-order valence-corrected chi connectivity index (χ2v) is 3.19. The van der Waals surface area contributed by atoms with Gasteiger partial charge in [-0.3, -0.25) is 0 Å². The van der Waals surface area contributed by atoms with Crippen LogP contribution in [0.3, 0.4) is 0 Å². The van der Waals surface area contributed by atoms with Crippen LogP contribution in [0.2, 0.25) is 0 Å². The molecule has 0 atom stereocenters. The minimum absolute atomic E-state index is 0.0648. The van der Waals surface area contributed by atoms with E-state index in [2.05, 4.69) is 4.74 Å². The number of ether oxygens (including phenoxy) is 2. The third kappa shape index (κ3) is 10.7. The molecule has 0 aromatic heterocycles. The Morgan fingerprint density at radius 1 is 1.05 bits per heavy atom. The van der Waals surface area contributed by atoms with Gasteiger partial charge >= 0.3 is 12.1 Å². The first-order valence-electron chi connectivity index (χ1n) is 5.49. The number of carboxylic acids is 1. The Kier molecular flexibility index (Phi) is 9.77. The number of benzene rings is 1. The predicted octanol–water partition coefficient (Wildman–Crippen LogP) is 1.04. The first kappa shape index (κ1) is 16.9. The van der Waals surface area contributed by atoms with Crippen molar-refractivity contribution < 1.29 is 29.3 Å². The maximum absolute atomic E-state index is 10.2. The van der Waals surface area contributed by atoms with Crippen LogP contribution < -0.4 is 5.73 Å². The molecule has 19 heavy (non-hydrogen) atoms. The van der Waals surface area contributed by atoms with E-state index in [9.17, 15) is 9.59 Å². The fourth-order valence-electron chi connectivity index (χ4n) is 0.954. The lowest BCUT2D eigenvalue weighted by Crippen LogP contribution is -2.13. The maximum atomic E-state index is 10.2. The number of carbonyl (C=O) groups is 2. The molecule has 0 fully saturated rings. The van der Waals surface area contributed by atoms with Gasteiger partial charge in [0.05, 0.1) is 18.8 Å². The smallest absolute Gasteiger partial charge is 0.478 e. The predicted molar refractivity (Wildman–Crippen MR) is 67.3 cm³/mol. The van der Waals surface area contributed by atoms with Gasteiger partial charge in [0, 0.05) is 6.54 Å². The van der Waals surface area contributed by atoms with Gasteiger partial charge in [-0.1, -0.05) is 18.2 Å². The normalized spacial score (nSPS) is 9.11. The molecule has 0 heterocycles. The topological polar surface area (TPSA) is 119 Å². The summed E-state index contributed by atoms with van der Waals surface area (Å²) in [4.78, 5) is 19.9. The second-order valence-electron chi connectivity index (χ2n) is 3.19. The van der Waals surface area contributed by atoms with Crippen LogP contribution in [0.1, 0.15) is 10.4 Å². The van der Waals surface area contributed by atoms with Gasteiger partial charge in [-0.05, 0) is 12.1 Å². The summed E-state index contributed by atoms with van der Waals surface area (Å²) in [6.45, 7) is 1.20. The van der Waals surface area contributed by atoms with Gasteiger partial charge in [0.2, 0.25) is 0 Å². The van der Waals surface area contributed by atoms with E-state index >= 15 is 0 Å². The summed E-state index contributed by atoms with van der Waals surface area (Å²) < 4.78 is 8.96. The van der Waals surface area contributed by atoms with Crippen molar-refractivity contribution in [2.75, 3.05) is 26.4 Å². The zero-order chi connectivity index (χ0) is 14.5. The van der Waals surface area contributed by atoms with E-state index < -0.39 is 12.1 Å². The zero-order valence-corrected chi connectivity index (χ0v) is 10.3. The van der Waals surface area contributed by atoms with E-state index in [1.54, 1.807) is 30.3 Å². The highest BCUT2D eigenvalue weighted by Crippen LogP contribution is 1.96. The van der Waals surface area contributed by atoms with Gasteiger partial charge in [0.1, 0.15) is 6.61 Å². The number of rotatable bonds is 6. The van der Waals surface area contributed by atoms with E-state index in [0.29, 0.717) is 18.7 Å². The fourth-order valence-corrected chi connectivity index (χ4v) is 0.954. The Labute approximate surface area is 110 Å². The van der Waals surface area contributed by atoms with Crippen LogP contribution in [0, 0.1) is 0 Å². The van der Waals surface area contributed by atoms with Gasteiger partial charge < -0.3 is 25.4 Å². The SMILES string of the molecule is NCCOCCOC(=O)O.O=C(O)c1ccccc1. The summed E-state index contributed by atoms with van der Waals surface area (Å²) in [5, 5.41) is 16.4. The summed E-state index contributed by atoms with van der Waals surface area (Å²) in [6.07, 6.45) is -1.28. The van der Waals surface area contributed by atoms with Crippen LogP contribution in [0.25, 0.3) is 0 Å². The molecule has 1 aromatic rings. The minimum Gasteiger partial charge on any atom is -0.478 e. The standard InChI is InChI=1S/C7H6O2.C5H11NO4/c8-7(9)6-4-2-1-3-5-6;6-1-2-9-3-4-10-5(7)8/h1-5H,(H,8,9);1-4,6H2,(H,7,8). The van der Waals surface area contributed by atoms with Crippen molar-refractivity contribution in [2.24, 2.45) is 5.73 Å². The van der Waals surface area contributed by atoms with Crippen LogP contribution in [0.4, 0.5) is 4.79 Å². The first-order valence-corrected chi connectivity index (χ1v) is 5.49. The van der Waals surface area contributed by atoms with Crippen molar-refractivity contribution in [3.05, 3.63) is 35.9 Å². The molecule has 4 N–H and O–H groups in total. The fraction of sp³-hybridized carbons (Fsp3) is 0.333. The lowest BCUT2D eigenvalue weighted by atomic mass is 10.2. The monoisotopic (exact) mass is 271 g/mol. The molecule has 0 saturated carbocycles. The lowest BCUT2D eigenvalue weighted by Gasteiger charge is -2.00. The molecule has 0 aliphatic rings. The van der Waals surface area contributed by atoms with Crippen molar-refractivity contribution >= 4 is 12.1 Å². The van der Waals surface area contributed by atoms with Crippen LogP contribution in [-0.2, 0) is 9.47 Å². The van der Waals surface area contributed by atoms with Crippen molar-refractivity contribution in [2.45, 2.75) is 0 Å². The summed E-state index contributed by atoms with van der Waals surface area (Å²) >= 11 is 0. The Balaban J connectivity index is 0.000000342. The highest BCUT2D eigenvalue weighted by Gasteiger charge is 1.96. The molecular formula is C12H17NO6. The number of hydrogen-bond acceptors (Lipinski definition) is 5. The van der Waals surface area contributed by atoms with Gasteiger partial charge in [0.25, 0.3) is 0 Å². The molecule has 0 bridgehead atoms. The Morgan fingerprint density at radius 3 is 2.11 bits per heavy atom. The average molecular weight is 271 g/mol. The number of aromatic carboxylic acids is 1. The number of nitrogens with two attached hydrogens (primary N) is 1. The van der Waals surface area contributed by atoms with E-state index in [4.69, 9.17) is 20.7 Å². The molecule has 7 nitrogen and oxygen atoms in total. The third-order valence-electron chi connectivity index (χ3n) is 1.74. The molecule has 7 heteroatoms. The van der Waals surface area contributed by atoms with E-state index in [1.807, 2.05) is 0 Å². The quantitative estimate of drug-likeness (QED) is 0.522. The Morgan fingerprint density at radius 2 is 1.68 bits per heavy atom. The molecule has 1 aromatic carbocycles. The molecule has 0 saturated heterocycles. The van der Waals surface area contributed by atoms with Crippen LogP contribution in [0.15, 0.2) is 30.3 Å². The molecule has 0 unspecified atom stereocenters. The molecule has 1 rings (SSSR count). The summed E-state index contributed by atoms with van der Waals surface area (Å²) in [6, 6.07) is 8.30. The van der Waals surface area contributed by atoms with Gasteiger partial charge in [0.15, 0.2) is 0 Å². The molecule has 0 aliphatic carbocycles. The third-order valence-corrected chi connectivity index (χ3v) is 1.74. The molecular weight excluding hydrogens is 254 g/mol. The van der Waals surface area contributed by atoms with Crippen molar-refractivity contribution in [1.82, 2.24) is 0 Å². The van der Waals surface area contributed by atoms with E-state index in [-0.39, 0.29) is 13.2 Å². The number of carboxylic acid groups (broad SMARTS) is 2. The highest BCUT2D eigenvalue weighted by atomic mass is 16.7. The maximum Gasteiger partial charge on any atom is 0.505 e. The Bertz CT molecular complexity index is 368. The van der Waals surface area contributed by atoms with Crippen LogP contribution in [-0.4, -0.2) is 48.7 Å². The number of hydrogen-bond donors (Lipinski definition) is 3. The van der Waals surface area contributed by atoms with Crippen LogP contribution in [0.5, 0.6) is 0 Å². The molecule has 0 spiro atoms. The van der Waals surface area contributed by atoms with E-state index in [0.717, 1.165) is 0 Å². The van der Waals surface area contributed by atoms with E-state index in [1.165, 1.54) is 0 Å². The van der Waals surface area contributed by atoms with Crippen LogP contribution >= 0.6 is 0 Å². The summed E-state index contributed by atoms with van der Waals surface area (Å²) in [7, 11) is 0. The van der Waals surface area contributed by atoms with Crippen molar-refractivity contribution in [3.63, 3.8) is 0 Å². The molecule has 0 radical (unpaired) electrons. The Hall–Kier alpha value is -2.12. The summed E-state index contributed by atoms with van der Waals surface area (Å²) in [5.41, 5.74) is 5.42. The second kappa shape index (κ2) is 11.0. The highest BCUT2D eigenvalue weighted by molar-refractivity contribution is 5.87. The zero-order valence-electron chi connectivity index (χ0n) is 10.3. The first-order chi connectivity index (χ1) is 9.07. The van der Waals surface area contributed by atoms with Crippen molar-refractivity contribution in [1.29, 1.82) is 0 Å². The van der Waals surface area contributed by atoms with Gasteiger partial charge in [-0.25, -0.2) is 9.59 Å². The van der Waals surface area contributed by atoms with Gasteiger partial charge in [-0.2, -0.15) is 0 Å². The average Bonchev–Trinajstić information content (AvgIpc) is 2.40. The van der Waals surface area contributed by atoms with Gasteiger partial charge in [-0.15, -0.1) is 0 Å². The minimum atomic E-state index is -1.28.